The molecule has 0 aromatic heterocycles. The largest absolute Gasteiger partial charge is 0.492 e. The van der Waals surface area contributed by atoms with E-state index in [0.29, 0.717) is 0 Å². The Morgan fingerprint density at radius 1 is 1.40 bits per heavy atom. The van der Waals surface area contributed by atoms with Crippen LogP contribution in [0.2, 0.25) is 0 Å². The molecule has 1 atom stereocenters. The van der Waals surface area contributed by atoms with Gasteiger partial charge < -0.3 is 4.55 Å². The molecule has 0 heterocycles. The first-order valence-corrected chi connectivity index (χ1v) is 6.18. The van der Waals surface area contributed by atoms with Crippen LogP contribution in [0.5, 0.6) is 0 Å². The molecule has 0 saturated heterocycles. The summed E-state index contributed by atoms with van der Waals surface area (Å²) in [4.78, 5) is 0. The summed E-state index contributed by atoms with van der Waals surface area (Å²) < 4.78 is 53.4. The van der Waals surface area contributed by atoms with Crippen LogP contribution in [-0.2, 0) is 18.2 Å². The highest BCUT2D eigenvalue weighted by atomic mass is 32.9. The van der Waals surface area contributed by atoms with E-state index in [9.17, 15) is 17.4 Å². The Morgan fingerprint density at radius 3 is 1.70 bits per heavy atom. The van der Waals surface area contributed by atoms with Gasteiger partial charge in [-0.25, -0.2) is 4.21 Å². The number of halogens is 3. The van der Waals surface area contributed by atoms with Crippen molar-refractivity contribution >= 4 is 18.2 Å². The van der Waals surface area contributed by atoms with Gasteiger partial charge in [-0.1, -0.05) is 0 Å². The lowest BCUT2D eigenvalue weighted by Crippen LogP contribution is -2.25. The van der Waals surface area contributed by atoms with Gasteiger partial charge in [0, 0.05) is 0 Å². The Labute approximate surface area is 58.9 Å². The molecule has 2 nitrogen and oxygen atoms in total. The van der Waals surface area contributed by atoms with Crippen molar-refractivity contribution in [2.24, 2.45) is 0 Å². The Bertz CT molecular complexity index is 231. The quantitative estimate of drug-likeness (QED) is 0.629. The molecule has 0 spiro atoms. The number of hydrogen-bond donors (Lipinski definition) is 1. The fourth-order valence-corrected chi connectivity index (χ4v) is 1.70. The molecule has 0 aromatic rings. The molecule has 0 aliphatic carbocycles. The minimum absolute atomic E-state index is 1.08. The van der Waals surface area contributed by atoms with E-state index in [4.69, 9.17) is 4.55 Å². The van der Waals surface area contributed by atoms with Crippen LogP contribution in [0.1, 0.15) is 0 Å². The van der Waals surface area contributed by atoms with Gasteiger partial charge >= 0.3 is 5.51 Å². The Hall–Kier alpha value is 0.250. The predicted molar refractivity (Wildman–Crippen MR) is 36.0 cm³/mol. The monoisotopic (exact) mass is 196 g/mol. The SMILES string of the molecule is CS(C)=S(=O)(O)C(F)(F)F. The molecule has 0 saturated carbocycles. The first kappa shape index (κ1) is 10.2. The van der Waals surface area contributed by atoms with E-state index in [1.807, 2.05) is 0 Å². The van der Waals surface area contributed by atoms with E-state index in [1.165, 1.54) is 0 Å². The minimum atomic E-state index is -4.99. The van der Waals surface area contributed by atoms with Crippen molar-refractivity contribution in [3.63, 3.8) is 0 Å². The third-order valence-electron chi connectivity index (χ3n) is 0.744. The molecule has 0 amide bonds. The Morgan fingerprint density at radius 2 is 1.70 bits per heavy atom. The molecular formula is C3H7F3O2S2. The second-order valence-corrected chi connectivity index (χ2v) is 7.91. The van der Waals surface area contributed by atoms with E-state index < -0.39 is 23.7 Å². The van der Waals surface area contributed by atoms with Crippen molar-refractivity contribution in [3.05, 3.63) is 0 Å². The van der Waals surface area contributed by atoms with Crippen LogP contribution < -0.4 is 0 Å². The van der Waals surface area contributed by atoms with Crippen LogP contribution in [0.25, 0.3) is 0 Å². The average molecular weight is 196 g/mol. The first-order chi connectivity index (χ1) is 4.19. The van der Waals surface area contributed by atoms with Crippen LogP contribution in [0.4, 0.5) is 13.2 Å². The number of alkyl halides is 3. The lowest BCUT2D eigenvalue weighted by molar-refractivity contribution is -0.0453. The molecule has 0 aliphatic rings. The molecule has 7 heteroatoms. The molecule has 1 N–H and O–H groups in total. The summed E-state index contributed by atoms with van der Waals surface area (Å²) in [7, 11) is -6.17. The van der Waals surface area contributed by atoms with Gasteiger partial charge in [-0.2, -0.15) is 13.2 Å². The first-order valence-electron chi connectivity index (χ1n) is 2.10. The van der Waals surface area contributed by atoms with E-state index in [1.54, 1.807) is 0 Å². The van der Waals surface area contributed by atoms with Crippen LogP contribution in [0.15, 0.2) is 0 Å². The van der Waals surface area contributed by atoms with E-state index in [2.05, 4.69) is 0 Å². The summed E-state index contributed by atoms with van der Waals surface area (Å²) >= 11 is 0. The van der Waals surface area contributed by atoms with Gasteiger partial charge in [-0.3, -0.25) is 0 Å². The van der Waals surface area contributed by atoms with Gasteiger partial charge in [0.25, 0.3) is 0 Å². The highest BCUT2D eigenvalue weighted by Gasteiger charge is 2.41. The van der Waals surface area contributed by atoms with E-state index >= 15 is 0 Å². The number of rotatable bonds is 0. The van der Waals surface area contributed by atoms with Crippen molar-refractivity contribution in [1.29, 1.82) is 0 Å². The van der Waals surface area contributed by atoms with E-state index in [-0.39, 0.29) is 0 Å². The normalized spacial score (nSPS) is 19.1. The molecule has 0 fully saturated rings. The van der Waals surface area contributed by atoms with E-state index in [0.717, 1.165) is 12.5 Å². The lowest BCUT2D eigenvalue weighted by Gasteiger charge is -2.09. The molecule has 1 unspecified atom stereocenters. The average Bonchev–Trinajstić information content (AvgIpc) is 1.62. The second-order valence-electron chi connectivity index (χ2n) is 1.66. The zero-order chi connectivity index (χ0) is 8.58. The maximum absolute atomic E-state index is 11.6. The predicted octanol–water partition coefficient (Wildman–Crippen LogP) is 1.06. The summed E-state index contributed by atoms with van der Waals surface area (Å²) in [6.07, 6.45) is 2.16. The van der Waals surface area contributed by atoms with Crippen LogP contribution in [0.3, 0.4) is 0 Å². The Balaban J connectivity index is 5.18. The summed E-state index contributed by atoms with van der Waals surface area (Å²) in [6.45, 7) is 0. The smallest absolute Gasteiger partial charge is 0.303 e. The second kappa shape index (κ2) is 2.71. The number of hydrogen-bond acceptors (Lipinski definition) is 1. The van der Waals surface area contributed by atoms with Gasteiger partial charge in [0.05, 0.1) is 0 Å². The summed E-state index contributed by atoms with van der Waals surface area (Å²) in [5.41, 5.74) is -4.99. The highest BCUT2D eigenvalue weighted by molar-refractivity contribution is 8.44. The molecule has 0 bridgehead atoms. The van der Waals surface area contributed by atoms with Gasteiger partial charge in [0.15, 0.2) is 0 Å². The Kier molecular flexibility index (Phi) is 2.77. The maximum atomic E-state index is 11.6. The molecule has 0 rings (SSSR count). The van der Waals surface area contributed by atoms with Crippen molar-refractivity contribution in [3.8, 4) is 0 Å². The third-order valence-corrected chi connectivity index (χ3v) is 5.51. The van der Waals surface area contributed by atoms with Crippen molar-refractivity contribution < 1.29 is 21.9 Å². The molecule has 0 aromatic carbocycles. The molecule has 0 aliphatic heterocycles. The van der Waals surface area contributed by atoms with Gasteiger partial charge in [-0.15, -0.1) is 9.45 Å². The minimum Gasteiger partial charge on any atom is -0.303 e. The molecule has 64 valence electrons. The third kappa shape index (κ3) is 1.86. The highest BCUT2D eigenvalue weighted by Crippen LogP contribution is 2.23. The fourth-order valence-electron chi connectivity index (χ4n) is 0.189. The van der Waals surface area contributed by atoms with Crippen molar-refractivity contribution in [2.45, 2.75) is 5.51 Å². The summed E-state index contributed by atoms with van der Waals surface area (Å²) in [5, 5.41) is 0. The van der Waals surface area contributed by atoms with Crippen LogP contribution >= 0.6 is 0 Å². The lowest BCUT2D eigenvalue weighted by atomic mass is 11.6. The van der Waals surface area contributed by atoms with Crippen LogP contribution in [0, 0.1) is 0 Å². The molecule has 10 heavy (non-hydrogen) atoms. The maximum Gasteiger partial charge on any atom is 0.492 e. The fraction of sp³-hybridized carbons (Fsp3) is 1.00. The van der Waals surface area contributed by atoms with Gasteiger partial charge in [0.1, 0.15) is 0 Å². The van der Waals surface area contributed by atoms with Crippen LogP contribution in [-0.4, -0.2) is 26.8 Å². The molecular weight excluding hydrogens is 189 g/mol. The summed E-state index contributed by atoms with van der Waals surface area (Å²) in [6, 6.07) is 0. The van der Waals surface area contributed by atoms with Gasteiger partial charge in [0.2, 0.25) is 8.77 Å². The van der Waals surface area contributed by atoms with Gasteiger partial charge in [-0.05, 0) is 12.5 Å². The van der Waals surface area contributed by atoms with Crippen molar-refractivity contribution in [2.75, 3.05) is 12.5 Å². The zero-order valence-corrected chi connectivity index (χ0v) is 6.94. The standard InChI is InChI=1S/C3H7F3O2S2/c1-9(2)10(7,8)3(4,5)6/h1-2H3,(H,7,8). The van der Waals surface area contributed by atoms with Crippen molar-refractivity contribution in [1.82, 2.24) is 0 Å². The summed E-state index contributed by atoms with van der Waals surface area (Å²) in [5.74, 6) is 0. The molecule has 0 radical (unpaired) electrons. The zero-order valence-electron chi connectivity index (χ0n) is 5.31. The topological polar surface area (TPSA) is 37.3 Å².